The van der Waals surface area contributed by atoms with Crippen molar-refractivity contribution >= 4 is 55.1 Å². The zero-order chi connectivity index (χ0) is 30.3. The summed E-state index contributed by atoms with van der Waals surface area (Å²) in [6.45, 7) is 6.86. The molecule has 11 heteroatoms. The normalized spacial score (nSPS) is 12.1. The van der Waals surface area contributed by atoms with E-state index in [2.05, 4.69) is 21.2 Å². The van der Waals surface area contributed by atoms with Gasteiger partial charge in [-0.2, -0.15) is 0 Å². The number of carbonyl (C=O) groups is 2. The van der Waals surface area contributed by atoms with Crippen LogP contribution in [0.2, 0.25) is 5.02 Å². The lowest BCUT2D eigenvalue weighted by Crippen LogP contribution is -2.53. The number of anilines is 1. The fraction of sp³-hybridized carbons (Fsp3) is 0.333. The molecule has 1 N–H and O–H groups in total. The van der Waals surface area contributed by atoms with Crippen LogP contribution in [0.1, 0.15) is 38.3 Å². The number of halogens is 2. The first kappa shape index (κ1) is 32.4. The van der Waals surface area contributed by atoms with Crippen molar-refractivity contribution in [2.75, 3.05) is 18.0 Å². The monoisotopic (exact) mass is 663 g/mol. The summed E-state index contributed by atoms with van der Waals surface area (Å²) in [5.74, 6) is -0.408. The molecule has 8 nitrogen and oxygen atoms in total. The van der Waals surface area contributed by atoms with E-state index in [1.807, 2.05) is 20.8 Å². The van der Waals surface area contributed by atoms with Crippen molar-refractivity contribution in [2.45, 2.75) is 57.6 Å². The zero-order valence-electron chi connectivity index (χ0n) is 23.7. The Morgan fingerprint density at radius 3 is 2.27 bits per heavy atom. The van der Waals surface area contributed by atoms with Crippen LogP contribution in [0.5, 0.6) is 5.75 Å². The van der Waals surface area contributed by atoms with E-state index in [1.165, 1.54) is 24.1 Å². The number of rotatable bonds is 12. The standard InChI is InChI=1S/C30H35BrClN3O5S/c1-6-27(30(37)33-20(2)3)34(18-22-9-7-8-10-26(22)32)29(36)19-35(23-13-11-21(4)12-14-23)41(38,39)24-15-16-28(40-5)25(31)17-24/h7-17,20,27H,6,18-19H2,1-5H3,(H,33,37). The third-order valence-electron chi connectivity index (χ3n) is 6.43. The number of benzene rings is 3. The van der Waals surface area contributed by atoms with Gasteiger partial charge in [0.2, 0.25) is 11.8 Å². The van der Waals surface area contributed by atoms with E-state index in [-0.39, 0.29) is 23.4 Å². The summed E-state index contributed by atoms with van der Waals surface area (Å²) in [4.78, 5) is 28.7. The number of amides is 2. The molecule has 220 valence electrons. The summed E-state index contributed by atoms with van der Waals surface area (Å²) in [6.07, 6.45) is 0.317. The highest BCUT2D eigenvalue weighted by atomic mass is 79.9. The summed E-state index contributed by atoms with van der Waals surface area (Å²) in [7, 11) is -2.74. The molecule has 0 aliphatic carbocycles. The highest BCUT2D eigenvalue weighted by Crippen LogP contribution is 2.31. The Bertz CT molecular complexity index is 1480. The molecule has 41 heavy (non-hydrogen) atoms. The van der Waals surface area contributed by atoms with Crippen molar-refractivity contribution in [1.29, 1.82) is 0 Å². The maximum atomic E-state index is 14.1. The molecule has 0 aliphatic rings. The number of nitrogens with one attached hydrogen (secondary N) is 1. The Labute approximate surface area is 255 Å². The molecule has 0 saturated carbocycles. The van der Waals surface area contributed by atoms with E-state index in [0.717, 1.165) is 9.87 Å². The molecular weight excluding hydrogens is 630 g/mol. The van der Waals surface area contributed by atoms with Gasteiger partial charge in [-0.25, -0.2) is 8.42 Å². The molecule has 0 saturated heterocycles. The lowest BCUT2D eigenvalue weighted by molar-refractivity contribution is -0.140. The zero-order valence-corrected chi connectivity index (χ0v) is 26.9. The van der Waals surface area contributed by atoms with Gasteiger partial charge in [-0.15, -0.1) is 0 Å². The van der Waals surface area contributed by atoms with Crippen molar-refractivity contribution in [3.63, 3.8) is 0 Å². The summed E-state index contributed by atoms with van der Waals surface area (Å²) in [6, 6.07) is 17.3. The van der Waals surface area contributed by atoms with Gasteiger partial charge in [0.25, 0.3) is 10.0 Å². The predicted octanol–water partition coefficient (Wildman–Crippen LogP) is 5.95. The summed E-state index contributed by atoms with van der Waals surface area (Å²) in [5.41, 5.74) is 1.89. The van der Waals surface area contributed by atoms with Crippen LogP contribution in [0.15, 0.2) is 76.1 Å². The maximum absolute atomic E-state index is 14.1. The molecule has 0 heterocycles. The first-order chi connectivity index (χ1) is 19.4. The third-order valence-corrected chi connectivity index (χ3v) is 9.19. The number of hydrogen-bond donors (Lipinski definition) is 1. The minimum absolute atomic E-state index is 0.0262. The molecule has 1 unspecified atom stereocenters. The van der Waals surface area contributed by atoms with Crippen molar-refractivity contribution in [3.05, 3.63) is 87.4 Å². The number of aryl methyl sites for hydroxylation is 1. The van der Waals surface area contributed by atoms with Crippen LogP contribution in [0.25, 0.3) is 0 Å². The average Bonchev–Trinajstić information content (AvgIpc) is 2.92. The number of methoxy groups -OCH3 is 1. The van der Waals surface area contributed by atoms with Crippen LogP contribution in [0.4, 0.5) is 5.69 Å². The number of hydrogen-bond acceptors (Lipinski definition) is 5. The van der Waals surface area contributed by atoms with E-state index in [1.54, 1.807) is 61.5 Å². The molecular formula is C30H35BrClN3O5S. The van der Waals surface area contributed by atoms with Crippen molar-refractivity contribution in [1.82, 2.24) is 10.2 Å². The smallest absolute Gasteiger partial charge is 0.264 e. The summed E-state index contributed by atoms with van der Waals surface area (Å²) in [5, 5.41) is 3.32. The van der Waals surface area contributed by atoms with Crippen LogP contribution in [0.3, 0.4) is 0 Å². The van der Waals surface area contributed by atoms with Crippen molar-refractivity contribution in [2.24, 2.45) is 0 Å². The Morgan fingerprint density at radius 1 is 1.05 bits per heavy atom. The van der Waals surface area contributed by atoms with Gasteiger partial charge in [-0.05, 0) is 85.1 Å². The molecule has 0 spiro atoms. The Hall–Kier alpha value is -3.08. The number of ether oxygens (including phenoxy) is 1. The van der Waals surface area contributed by atoms with E-state index in [4.69, 9.17) is 16.3 Å². The fourth-order valence-corrected chi connectivity index (χ4v) is 6.61. The topological polar surface area (TPSA) is 96.0 Å². The molecule has 3 aromatic carbocycles. The fourth-order valence-electron chi connectivity index (χ4n) is 4.28. The first-order valence-electron chi connectivity index (χ1n) is 13.1. The quantitative estimate of drug-likeness (QED) is 0.258. The molecule has 1 atom stereocenters. The number of nitrogens with zero attached hydrogens (tertiary/aromatic N) is 2. The van der Waals surface area contributed by atoms with Crippen LogP contribution in [0, 0.1) is 6.92 Å². The van der Waals surface area contributed by atoms with Gasteiger partial charge in [0, 0.05) is 17.6 Å². The molecule has 0 aliphatic heterocycles. The summed E-state index contributed by atoms with van der Waals surface area (Å²) >= 11 is 9.79. The maximum Gasteiger partial charge on any atom is 0.264 e. The Balaban J connectivity index is 2.09. The SMILES string of the molecule is CCC(C(=O)NC(C)C)N(Cc1ccccc1Cl)C(=O)CN(c1ccc(C)cc1)S(=O)(=O)c1ccc(OC)c(Br)c1. The third kappa shape index (κ3) is 8.02. The van der Waals surface area contributed by atoms with Gasteiger partial charge < -0.3 is 15.0 Å². The van der Waals surface area contributed by atoms with Gasteiger partial charge in [0.15, 0.2) is 0 Å². The second-order valence-electron chi connectivity index (χ2n) is 9.84. The molecule has 0 radical (unpaired) electrons. The number of carbonyl (C=O) groups excluding carboxylic acids is 2. The van der Waals surface area contributed by atoms with Gasteiger partial charge in [-0.3, -0.25) is 13.9 Å². The van der Waals surface area contributed by atoms with Crippen LogP contribution < -0.4 is 14.4 Å². The molecule has 0 aromatic heterocycles. The van der Waals surface area contributed by atoms with Crippen LogP contribution in [-0.2, 0) is 26.2 Å². The van der Waals surface area contributed by atoms with E-state index in [0.29, 0.717) is 32.9 Å². The van der Waals surface area contributed by atoms with E-state index in [9.17, 15) is 18.0 Å². The van der Waals surface area contributed by atoms with Crippen molar-refractivity contribution < 1.29 is 22.7 Å². The van der Waals surface area contributed by atoms with Gasteiger partial charge in [-0.1, -0.05) is 54.4 Å². The Kier molecular flexibility index (Phi) is 11.2. The van der Waals surface area contributed by atoms with Gasteiger partial charge >= 0.3 is 0 Å². The molecule has 0 bridgehead atoms. The van der Waals surface area contributed by atoms with Crippen molar-refractivity contribution in [3.8, 4) is 5.75 Å². The molecule has 3 aromatic rings. The predicted molar refractivity (Wildman–Crippen MR) is 166 cm³/mol. The molecule has 0 fully saturated rings. The lowest BCUT2D eigenvalue weighted by Gasteiger charge is -2.33. The van der Waals surface area contributed by atoms with Crippen LogP contribution in [-0.4, -0.2) is 50.9 Å². The van der Waals surface area contributed by atoms with Gasteiger partial charge in [0.1, 0.15) is 18.3 Å². The highest BCUT2D eigenvalue weighted by molar-refractivity contribution is 9.10. The minimum atomic E-state index is -4.22. The average molecular weight is 665 g/mol. The largest absolute Gasteiger partial charge is 0.496 e. The first-order valence-corrected chi connectivity index (χ1v) is 15.8. The van der Waals surface area contributed by atoms with E-state index >= 15 is 0 Å². The molecule has 2 amide bonds. The Morgan fingerprint density at radius 2 is 1.71 bits per heavy atom. The second kappa shape index (κ2) is 14.2. The summed E-state index contributed by atoms with van der Waals surface area (Å²) < 4.78 is 34.9. The van der Waals surface area contributed by atoms with E-state index < -0.39 is 28.5 Å². The number of sulfonamides is 1. The molecule has 3 rings (SSSR count). The lowest BCUT2D eigenvalue weighted by atomic mass is 10.1. The van der Waals surface area contributed by atoms with Crippen LogP contribution >= 0.6 is 27.5 Å². The second-order valence-corrected chi connectivity index (χ2v) is 13.0. The van der Waals surface area contributed by atoms with Gasteiger partial charge in [0.05, 0.1) is 22.2 Å². The minimum Gasteiger partial charge on any atom is -0.496 e. The highest BCUT2D eigenvalue weighted by Gasteiger charge is 2.34.